The van der Waals surface area contributed by atoms with E-state index in [1.54, 1.807) is 0 Å². The molecular formula is C11H21NO2. The van der Waals surface area contributed by atoms with E-state index in [0.29, 0.717) is 18.4 Å². The number of hydrogen-bond acceptors (Lipinski definition) is 2. The Morgan fingerprint density at radius 1 is 1.50 bits per heavy atom. The first-order valence-electron chi connectivity index (χ1n) is 5.51. The van der Waals surface area contributed by atoms with Gasteiger partial charge in [-0.2, -0.15) is 0 Å². The molecule has 1 aliphatic carbocycles. The summed E-state index contributed by atoms with van der Waals surface area (Å²) in [5.41, 5.74) is 5.64. The second kappa shape index (κ2) is 4.30. The normalized spacial score (nSPS) is 36.5. The van der Waals surface area contributed by atoms with Crippen LogP contribution in [-0.2, 0) is 4.79 Å². The molecule has 1 rings (SSSR count). The second-order valence-corrected chi connectivity index (χ2v) is 4.52. The Hall–Kier alpha value is -0.570. The summed E-state index contributed by atoms with van der Waals surface area (Å²) in [6.07, 6.45) is 3.46. The monoisotopic (exact) mass is 199 g/mol. The summed E-state index contributed by atoms with van der Waals surface area (Å²) >= 11 is 0. The third-order valence-corrected chi connectivity index (χ3v) is 3.90. The Morgan fingerprint density at radius 2 is 2.14 bits per heavy atom. The molecule has 3 atom stereocenters. The van der Waals surface area contributed by atoms with Crippen LogP contribution in [0.25, 0.3) is 0 Å². The van der Waals surface area contributed by atoms with E-state index in [9.17, 15) is 4.79 Å². The molecule has 14 heavy (non-hydrogen) atoms. The maximum absolute atomic E-state index is 10.8. The molecule has 0 aromatic rings. The van der Waals surface area contributed by atoms with Gasteiger partial charge in [0.1, 0.15) is 0 Å². The zero-order valence-electron chi connectivity index (χ0n) is 9.12. The van der Waals surface area contributed by atoms with Crippen molar-refractivity contribution in [1.29, 1.82) is 0 Å². The fourth-order valence-corrected chi connectivity index (χ4v) is 3.16. The maximum atomic E-state index is 10.8. The van der Waals surface area contributed by atoms with Gasteiger partial charge < -0.3 is 10.8 Å². The molecule has 82 valence electrons. The van der Waals surface area contributed by atoms with Crippen molar-refractivity contribution in [3.63, 3.8) is 0 Å². The summed E-state index contributed by atoms with van der Waals surface area (Å²) in [6, 6.07) is 0. The van der Waals surface area contributed by atoms with E-state index in [1.165, 1.54) is 0 Å². The number of aliphatic carboxylic acids is 1. The molecule has 0 saturated heterocycles. The highest BCUT2D eigenvalue weighted by Gasteiger charge is 2.51. The van der Waals surface area contributed by atoms with Crippen molar-refractivity contribution in [1.82, 2.24) is 0 Å². The number of nitrogens with two attached hydrogens (primary N) is 1. The van der Waals surface area contributed by atoms with Crippen molar-refractivity contribution < 1.29 is 9.90 Å². The van der Waals surface area contributed by atoms with Gasteiger partial charge in [0.15, 0.2) is 0 Å². The van der Waals surface area contributed by atoms with Crippen LogP contribution in [0.3, 0.4) is 0 Å². The third kappa shape index (κ3) is 1.78. The van der Waals surface area contributed by atoms with E-state index < -0.39 is 5.97 Å². The molecule has 1 saturated carbocycles. The molecule has 0 aromatic carbocycles. The van der Waals surface area contributed by atoms with Gasteiger partial charge in [0.25, 0.3) is 0 Å². The first-order valence-corrected chi connectivity index (χ1v) is 5.51. The summed E-state index contributed by atoms with van der Waals surface area (Å²) in [7, 11) is 0. The van der Waals surface area contributed by atoms with Crippen LogP contribution < -0.4 is 5.73 Å². The van der Waals surface area contributed by atoms with Gasteiger partial charge >= 0.3 is 5.97 Å². The van der Waals surface area contributed by atoms with E-state index >= 15 is 0 Å². The molecule has 3 nitrogen and oxygen atoms in total. The Morgan fingerprint density at radius 3 is 2.50 bits per heavy atom. The molecule has 0 radical (unpaired) electrons. The lowest BCUT2D eigenvalue weighted by atomic mass is 9.51. The van der Waals surface area contributed by atoms with Crippen molar-refractivity contribution >= 4 is 5.97 Å². The van der Waals surface area contributed by atoms with Crippen molar-refractivity contribution in [3.05, 3.63) is 0 Å². The molecule has 3 N–H and O–H groups in total. The minimum absolute atomic E-state index is 0.0960. The highest BCUT2D eigenvalue weighted by molar-refractivity contribution is 5.68. The van der Waals surface area contributed by atoms with Crippen LogP contribution in [0.2, 0.25) is 0 Å². The van der Waals surface area contributed by atoms with E-state index in [2.05, 4.69) is 13.8 Å². The van der Waals surface area contributed by atoms with Crippen molar-refractivity contribution in [2.24, 2.45) is 23.0 Å². The standard InChI is InChI=1S/C11H21NO2/c1-3-8-5-11(7-12,6-10(13)14)9(8)4-2/h8-9H,3-7,12H2,1-2H3,(H,13,14)/t8-,9-,11?/m0/s1. The molecule has 0 aromatic heterocycles. The van der Waals surface area contributed by atoms with Crippen molar-refractivity contribution in [3.8, 4) is 0 Å². The smallest absolute Gasteiger partial charge is 0.303 e. The molecule has 1 fully saturated rings. The molecule has 3 heteroatoms. The minimum Gasteiger partial charge on any atom is -0.481 e. The highest BCUT2D eigenvalue weighted by Crippen LogP contribution is 2.55. The summed E-state index contributed by atoms with van der Waals surface area (Å²) < 4.78 is 0. The van der Waals surface area contributed by atoms with Crippen LogP contribution in [0.4, 0.5) is 0 Å². The Kier molecular flexibility index (Phi) is 3.53. The molecule has 1 unspecified atom stereocenters. The fraction of sp³-hybridized carbons (Fsp3) is 0.909. The predicted octanol–water partition coefficient (Wildman–Crippen LogP) is 1.86. The lowest BCUT2D eigenvalue weighted by molar-refractivity contribution is -0.146. The molecule has 0 aliphatic heterocycles. The quantitative estimate of drug-likeness (QED) is 0.710. The molecule has 0 bridgehead atoms. The molecule has 0 amide bonds. The van der Waals surface area contributed by atoms with Gasteiger partial charge in [0.2, 0.25) is 0 Å². The Bertz CT molecular complexity index is 217. The zero-order valence-corrected chi connectivity index (χ0v) is 9.12. The van der Waals surface area contributed by atoms with Crippen LogP contribution in [0.15, 0.2) is 0 Å². The average molecular weight is 199 g/mol. The summed E-state index contributed by atoms with van der Waals surface area (Å²) in [5, 5.41) is 8.86. The van der Waals surface area contributed by atoms with Gasteiger partial charge in [-0.1, -0.05) is 26.7 Å². The lowest BCUT2D eigenvalue weighted by Crippen LogP contribution is -2.53. The Balaban J connectivity index is 2.67. The van der Waals surface area contributed by atoms with Gasteiger partial charge in [-0.3, -0.25) is 4.79 Å². The topological polar surface area (TPSA) is 63.3 Å². The maximum Gasteiger partial charge on any atom is 0.303 e. The molecule has 0 heterocycles. The number of carboxylic acids is 1. The summed E-state index contributed by atoms with van der Waals surface area (Å²) in [4.78, 5) is 10.8. The summed E-state index contributed by atoms with van der Waals surface area (Å²) in [5.74, 6) is 0.514. The minimum atomic E-state index is -0.705. The van der Waals surface area contributed by atoms with E-state index in [1.807, 2.05) is 0 Å². The van der Waals surface area contributed by atoms with Crippen molar-refractivity contribution in [2.75, 3.05) is 6.54 Å². The van der Waals surface area contributed by atoms with Gasteiger partial charge in [-0.15, -0.1) is 0 Å². The first kappa shape index (κ1) is 11.5. The van der Waals surface area contributed by atoms with Gasteiger partial charge in [0, 0.05) is 0 Å². The fourth-order valence-electron chi connectivity index (χ4n) is 3.16. The van der Waals surface area contributed by atoms with Crippen LogP contribution in [-0.4, -0.2) is 17.6 Å². The van der Waals surface area contributed by atoms with E-state index in [4.69, 9.17) is 10.8 Å². The number of hydrogen-bond donors (Lipinski definition) is 2. The third-order valence-electron chi connectivity index (χ3n) is 3.90. The molecular weight excluding hydrogens is 178 g/mol. The van der Waals surface area contributed by atoms with Crippen molar-refractivity contribution in [2.45, 2.75) is 39.5 Å². The Labute approximate surface area is 85.7 Å². The SMILES string of the molecule is CC[C@H]1CC(CN)(CC(=O)O)[C@H]1CC. The van der Waals surface area contributed by atoms with Crippen LogP contribution >= 0.6 is 0 Å². The van der Waals surface area contributed by atoms with E-state index in [-0.39, 0.29) is 11.8 Å². The number of carboxylic acid groups (broad SMARTS) is 1. The average Bonchev–Trinajstić information content (AvgIpc) is 2.11. The van der Waals surface area contributed by atoms with Gasteiger partial charge in [-0.25, -0.2) is 0 Å². The number of carbonyl (C=O) groups is 1. The molecule has 0 spiro atoms. The number of rotatable bonds is 5. The predicted molar refractivity (Wildman–Crippen MR) is 55.9 cm³/mol. The van der Waals surface area contributed by atoms with E-state index in [0.717, 1.165) is 19.3 Å². The highest BCUT2D eigenvalue weighted by atomic mass is 16.4. The van der Waals surface area contributed by atoms with Crippen LogP contribution in [0.5, 0.6) is 0 Å². The summed E-state index contributed by atoms with van der Waals surface area (Å²) in [6.45, 7) is 4.83. The largest absolute Gasteiger partial charge is 0.481 e. The molecule has 1 aliphatic rings. The van der Waals surface area contributed by atoms with Crippen LogP contribution in [0, 0.1) is 17.3 Å². The van der Waals surface area contributed by atoms with Gasteiger partial charge in [-0.05, 0) is 30.2 Å². The second-order valence-electron chi connectivity index (χ2n) is 4.52. The zero-order chi connectivity index (χ0) is 10.8. The lowest BCUT2D eigenvalue weighted by Gasteiger charge is -2.54. The van der Waals surface area contributed by atoms with Gasteiger partial charge in [0.05, 0.1) is 6.42 Å². The van der Waals surface area contributed by atoms with Crippen LogP contribution in [0.1, 0.15) is 39.5 Å². The first-order chi connectivity index (χ1) is 6.59.